The van der Waals surface area contributed by atoms with Crippen molar-refractivity contribution in [3.05, 3.63) is 36.4 Å². The molecule has 3 saturated heterocycles. The molecule has 1 aromatic heterocycles. The summed E-state index contributed by atoms with van der Waals surface area (Å²) in [6, 6.07) is 6.77. The van der Waals surface area contributed by atoms with Gasteiger partial charge in [0.2, 0.25) is 18.3 Å². The second-order valence-electron chi connectivity index (χ2n) is 13.6. The number of fused-ring (bicyclic) bond motifs is 1. The Morgan fingerprint density at radius 2 is 1.41 bits per heavy atom. The monoisotopic (exact) mass is 829 g/mol. The highest BCUT2D eigenvalue weighted by molar-refractivity contribution is 5.90. The number of carbonyl (C=O) groups excluding carboxylic acids is 1. The number of phenolic OH excluding ortho intramolecular Hbond substituents is 3. The molecule has 23 heteroatoms. The highest BCUT2D eigenvalue weighted by Crippen LogP contribution is 2.43. The van der Waals surface area contributed by atoms with Gasteiger partial charge in [0, 0.05) is 18.2 Å². The van der Waals surface area contributed by atoms with Gasteiger partial charge < -0.3 is 99.5 Å². The van der Waals surface area contributed by atoms with Crippen LogP contribution in [0.1, 0.15) is 6.42 Å². The van der Waals surface area contributed by atoms with Crippen LogP contribution in [-0.4, -0.2) is 184 Å². The van der Waals surface area contributed by atoms with E-state index < -0.39 is 141 Å². The Balaban J connectivity index is 1.39. The number of carboxylic acids is 1. The number of carboxylic acid groups (broad SMARTS) is 1. The van der Waals surface area contributed by atoms with E-state index in [9.17, 15) is 70.9 Å². The molecule has 23 nitrogen and oxygen atoms in total. The number of aliphatic carboxylic acids is 1. The Hall–Kier alpha value is -4.73. The average Bonchev–Trinajstić information content (AvgIpc) is 3.18. The van der Waals surface area contributed by atoms with Crippen LogP contribution in [0.15, 0.2) is 40.8 Å². The van der Waals surface area contributed by atoms with Gasteiger partial charge in [0.1, 0.15) is 91.0 Å². The van der Waals surface area contributed by atoms with Gasteiger partial charge in [-0.2, -0.15) is 0 Å². The Bertz CT molecular complexity index is 1940. The van der Waals surface area contributed by atoms with Gasteiger partial charge in [-0.1, -0.05) is 0 Å². The van der Waals surface area contributed by atoms with E-state index in [0.29, 0.717) is 0 Å². The van der Waals surface area contributed by atoms with Crippen LogP contribution in [0.3, 0.4) is 0 Å². The molecule has 0 radical (unpaired) electrons. The molecule has 0 saturated carbocycles. The topological polar surface area (TPSA) is 373 Å². The summed E-state index contributed by atoms with van der Waals surface area (Å²) in [4.78, 5) is 23.0. The summed E-state index contributed by atoms with van der Waals surface area (Å²) in [5, 5.41) is 134. The van der Waals surface area contributed by atoms with Crippen molar-refractivity contribution in [2.45, 2.75) is 92.4 Å². The van der Waals surface area contributed by atoms with Crippen LogP contribution in [0, 0.1) is 0 Å². The van der Waals surface area contributed by atoms with Gasteiger partial charge in [-0.15, -0.1) is 0 Å². The van der Waals surface area contributed by atoms with Gasteiger partial charge in [-0.25, -0.2) is 4.42 Å². The van der Waals surface area contributed by atoms with E-state index in [0.717, 1.165) is 24.3 Å². The molecular weight excluding hydrogens is 788 g/mol. The quantitative estimate of drug-likeness (QED) is 0.0362. The molecule has 3 aromatic rings. The maximum Gasteiger partial charge on any atom is 0.402 e. The zero-order valence-corrected chi connectivity index (χ0v) is 29.8. The van der Waals surface area contributed by atoms with Crippen molar-refractivity contribution in [1.82, 2.24) is 0 Å². The first-order valence-electron chi connectivity index (χ1n) is 17.5. The number of aromatic hydroxyl groups is 3. The van der Waals surface area contributed by atoms with E-state index in [4.69, 9.17) is 42.7 Å². The maximum absolute atomic E-state index is 12.0. The van der Waals surface area contributed by atoms with Crippen molar-refractivity contribution in [2.75, 3.05) is 19.8 Å². The van der Waals surface area contributed by atoms with Crippen molar-refractivity contribution in [3.63, 3.8) is 0 Å². The van der Waals surface area contributed by atoms with E-state index in [1.807, 2.05) is 0 Å². The lowest BCUT2D eigenvalue weighted by molar-refractivity contribution is -0.345. The van der Waals surface area contributed by atoms with Gasteiger partial charge in [0.25, 0.3) is 0 Å². The fourth-order valence-electron chi connectivity index (χ4n) is 6.31. The number of aliphatic hydroxyl groups is 9. The van der Waals surface area contributed by atoms with Gasteiger partial charge in [-0.3, -0.25) is 9.59 Å². The second-order valence-corrected chi connectivity index (χ2v) is 13.6. The third-order valence-electron chi connectivity index (χ3n) is 9.48. The zero-order chi connectivity index (χ0) is 42.2. The molecule has 3 fully saturated rings. The third kappa shape index (κ3) is 8.96. The molecule has 14 atom stereocenters. The van der Waals surface area contributed by atoms with E-state index >= 15 is 0 Å². The molecule has 0 unspecified atom stereocenters. The summed E-state index contributed by atoms with van der Waals surface area (Å²) in [5.74, 6) is -5.41. The number of phenols is 3. The Kier molecular flexibility index (Phi) is 13.0. The molecule has 4 heterocycles. The minimum absolute atomic E-state index is 0.0110. The summed E-state index contributed by atoms with van der Waals surface area (Å²) in [6.45, 7) is -2.12. The van der Waals surface area contributed by atoms with Crippen LogP contribution in [0.5, 0.6) is 28.7 Å². The average molecular weight is 830 g/mol. The SMILES string of the molecule is O=C(O)CC(=O)OC[C@@H]1O[C@@H](Oc2cc3c(O)cc(O[C@@H]4O[C@@H](CO)[C@@H](O)[C@H](O)[C@H]4O)cc3[o+]c2-c2ccc(O)c(O)c2)[C@@H](O[C@H]2OC[C@@H](O)[C@@H](O)[C@H]2O)[C@@H](O)[C@@H]1O. The number of aliphatic hydroxyl groups excluding tert-OH is 9. The van der Waals surface area contributed by atoms with E-state index in [1.165, 1.54) is 12.1 Å². The standard InChI is InChI=1S/C35H40O23/c36-8-20-25(45)27(47)30(50)34(56-20)53-12-4-15(38)13-6-19(31(54-18(13)5-12)11-1-2-14(37)16(39)3-11)55-35-32(58-33-29(49)24(44)17(40)9-52-33)28(48)26(46)21(57-35)10-51-23(43)7-22(41)42/h1-6,17,20-21,24-30,32-36,40,44-50H,7-10H2,(H3-,37,38,39,41,42)/p+1/t17-,20+,21+,24-,25-,26-,27+,28+,29-,30-,32+,33-,34-,35-/m1/s1. The van der Waals surface area contributed by atoms with Crippen LogP contribution in [0.25, 0.3) is 22.3 Å². The molecule has 0 spiro atoms. The van der Waals surface area contributed by atoms with Gasteiger partial charge >= 0.3 is 23.3 Å². The van der Waals surface area contributed by atoms with Gasteiger partial charge in [0.05, 0.1) is 24.8 Å². The van der Waals surface area contributed by atoms with Crippen LogP contribution in [0.4, 0.5) is 0 Å². The van der Waals surface area contributed by atoms with E-state index in [2.05, 4.69) is 0 Å². The summed E-state index contributed by atoms with van der Waals surface area (Å²) in [7, 11) is 0. The third-order valence-corrected chi connectivity index (χ3v) is 9.48. The van der Waals surface area contributed by atoms with Gasteiger partial charge in [-0.05, 0) is 12.1 Å². The lowest BCUT2D eigenvalue weighted by atomic mass is 9.98. The van der Waals surface area contributed by atoms with Crippen LogP contribution in [-0.2, 0) is 33.3 Å². The summed E-state index contributed by atoms with van der Waals surface area (Å²) in [5.41, 5.74) is -0.195. The van der Waals surface area contributed by atoms with Crippen LogP contribution in [0.2, 0.25) is 0 Å². The molecule has 58 heavy (non-hydrogen) atoms. The number of rotatable bonds is 12. The van der Waals surface area contributed by atoms with E-state index in [1.54, 1.807) is 0 Å². The highest BCUT2D eigenvalue weighted by Gasteiger charge is 2.51. The van der Waals surface area contributed by atoms with Gasteiger partial charge in [0.15, 0.2) is 23.9 Å². The summed E-state index contributed by atoms with van der Waals surface area (Å²) in [6.07, 6.45) is -25.7. The summed E-state index contributed by atoms with van der Waals surface area (Å²) >= 11 is 0. The first-order chi connectivity index (χ1) is 27.5. The zero-order valence-electron chi connectivity index (χ0n) is 29.8. The van der Waals surface area contributed by atoms with Crippen LogP contribution >= 0.6 is 0 Å². The predicted octanol–water partition coefficient (Wildman–Crippen LogP) is -3.66. The molecule has 3 aliphatic rings. The summed E-state index contributed by atoms with van der Waals surface area (Å²) < 4.78 is 45.0. The lowest BCUT2D eigenvalue weighted by Crippen LogP contribution is -2.64. The molecule has 3 aliphatic heterocycles. The van der Waals surface area contributed by atoms with Crippen molar-refractivity contribution < 1.29 is 114 Å². The number of ether oxygens (including phenoxy) is 7. The molecule has 0 bridgehead atoms. The lowest BCUT2D eigenvalue weighted by Gasteiger charge is -2.44. The first-order valence-corrected chi connectivity index (χ1v) is 17.5. The smallest absolute Gasteiger partial charge is 0.402 e. The molecule has 318 valence electrons. The fraction of sp³-hybridized carbons (Fsp3) is 0.514. The molecule has 13 N–H and O–H groups in total. The molecule has 2 aromatic carbocycles. The largest absolute Gasteiger partial charge is 0.507 e. The minimum Gasteiger partial charge on any atom is -0.507 e. The van der Waals surface area contributed by atoms with Crippen LogP contribution < -0.4 is 9.47 Å². The minimum atomic E-state index is -2.03. The van der Waals surface area contributed by atoms with Crippen molar-refractivity contribution in [1.29, 1.82) is 0 Å². The Morgan fingerprint density at radius 3 is 2.10 bits per heavy atom. The highest BCUT2D eigenvalue weighted by atomic mass is 16.8. The Morgan fingerprint density at radius 1 is 0.724 bits per heavy atom. The van der Waals surface area contributed by atoms with Crippen molar-refractivity contribution in [2.24, 2.45) is 0 Å². The molecule has 6 rings (SSSR count). The Labute approximate surface area is 325 Å². The predicted molar refractivity (Wildman–Crippen MR) is 183 cm³/mol. The number of benzene rings is 2. The molecular formula is C35H41O23+. The normalized spacial score (nSPS) is 34.0. The fourth-order valence-corrected chi connectivity index (χ4v) is 6.31. The maximum atomic E-state index is 12.0. The van der Waals surface area contributed by atoms with E-state index in [-0.39, 0.29) is 33.8 Å². The second kappa shape index (κ2) is 17.6. The number of hydrogen-bond donors (Lipinski definition) is 13. The first kappa shape index (κ1) is 42.9. The molecule has 0 amide bonds. The number of hydrogen-bond acceptors (Lipinski definition) is 21. The number of carbonyl (C=O) groups is 2. The number of esters is 1. The molecule has 0 aliphatic carbocycles. The van der Waals surface area contributed by atoms with Crippen molar-refractivity contribution >= 4 is 22.9 Å². The van der Waals surface area contributed by atoms with Crippen molar-refractivity contribution in [3.8, 4) is 40.1 Å².